The van der Waals surface area contributed by atoms with Crippen molar-refractivity contribution in [1.29, 1.82) is 0 Å². The normalized spacial score (nSPS) is 10.4. The Kier molecular flexibility index (Phi) is 5.83. The van der Waals surface area contributed by atoms with E-state index >= 15 is 0 Å². The number of hydrogen-bond donors (Lipinski definition) is 2. The Morgan fingerprint density at radius 1 is 1.04 bits per heavy atom. The van der Waals surface area contributed by atoms with Crippen LogP contribution >= 0.6 is 11.8 Å². The fraction of sp³-hybridized carbons (Fsp3) is 0.100. The van der Waals surface area contributed by atoms with Crippen LogP contribution in [0.5, 0.6) is 0 Å². The fourth-order valence-corrected chi connectivity index (χ4v) is 3.12. The first-order chi connectivity index (χ1) is 13.0. The van der Waals surface area contributed by atoms with Gasteiger partial charge in [-0.05, 0) is 31.2 Å². The summed E-state index contributed by atoms with van der Waals surface area (Å²) in [5.41, 5.74) is 3.17. The molecule has 3 rings (SSSR count). The Hall–Kier alpha value is -3.19. The van der Waals surface area contributed by atoms with Crippen molar-refractivity contribution in [3.05, 3.63) is 71.9 Å². The highest BCUT2D eigenvalue weighted by Crippen LogP contribution is 2.22. The third kappa shape index (κ3) is 5.15. The number of anilines is 1. The molecule has 0 saturated carbocycles. The van der Waals surface area contributed by atoms with Crippen LogP contribution in [0.3, 0.4) is 0 Å². The van der Waals surface area contributed by atoms with E-state index < -0.39 is 5.97 Å². The molecular formula is C20H17N3O3S. The summed E-state index contributed by atoms with van der Waals surface area (Å²) in [5, 5.41) is 12.2. The van der Waals surface area contributed by atoms with Gasteiger partial charge < -0.3 is 10.4 Å². The maximum atomic E-state index is 12.2. The van der Waals surface area contributed by atoms with Gasteiger partial charge in [-0.1, -0.05) is 48.2 Å². The zero-order chi connectivity index (χ0) is 19.2. The lowest BCUT2D eigenvalue weighted by atomic mass is 10.1. The van der Waals surface area contributed by atoms with Crippen LogP contribution in [0.2, 0.25) is 0 Å². The van der Waals surface area contributed by atoms with E-state index in [-0.39, 0.29) is 17.2 Å². The number of aromatic nitrogens is 2. The van der Waals surface area contributed by atoms with E-state index in [0.717, 1.165) is 17.0 Å². The second-order valence-corrected chi connectivity index (χ2v) is 6.71. The molecule has 0 aliphatic rings. The SMILES string of the molecule is Cc1cc(-c2ccccc2)nc(SCC(=O)Nc2cccc(C(=O)O)c2)n1. The molecule has 0 saturated heterocycles. The third-order valence-corrected chi connectivity index (χ3v) is 4.48. The maximum absolute atomic E-state index is 12.2. The van der Waals surface area contributed by atoms with E-state index in [4.69, 9.17) is 5.11 Å². The van der Waals surface area contributed by atoms with Crippen molar-refractivity contribution >= 4 is 29.3 Å². The van der Waals surface area contributed by atoms with Crippen molar-refractivity contribution in [2.45, 2.75) is 12.1 Å². The molecule has 0 radical (unpaired) electrons. The minimum absolute atomic E-state index is 0.120. The average molecular weight is 379 g/mol. The summed E-state index contributed by atoms with van der Waals surface area (Å²) in [6.45, 7) is 1.88. The zero-order valence-electron chi connectivity index (χ0n) is 14.5. The van der Waals surface area contributed by atoms with Crippen LogP contribution in [0.4, 0.5) is 5.69 Å². The fourth-order valence-electron chi connectivity index (χ4n) is 2.42. The summed E-state index contributed by atoms with van der Waals surface area (Å²) in [6.07, 6.45) is 0. The molecule has 1 aromatic heterocycles. The van der Waals surface area contributed by atoms with Gasteiger partial charge in [0.15, 0.2) is 5.16 Å². The van der Waals surface area contributed by atoms with Gasteiger partial charge in [0.05, 0.1) is 17.0 Å². The Morgan fingerprint density at radius 2 is 1.81 bits per heavy atom. The first-order valence-electron chi connectivity index (χ1n) is 8.18. The smallest absolute Gasteiger partial charge is 0.335 e. The lowest BCUT2D eigenvalue weighted by Crippen LogP contribution is -2.14. The number of rotatable bonds is 6. The summed E-state index contributed by atoms with van der Waals surface area (Å²) >= 11 is 1.23. The number of aryl methyl sites for hydroxylation is 1. The van der Waals surface area contributed by atoms with E-state index in [9.17, 15) is 9.59 Å². The molecule has 3 aromatic rings. The van der Waals surface area contributed by atoms with E-state index in [2.05, 4.69) is 15.3 Å². The number of benzene rings is 2. The van der Waals surface area contributed by atoms with Crippen molar-refractivity contribution in [2.75, 3.05) is 11.1 Å². The first kappa shape index (κ1) is 18.6. The molecule has 0 aliphatic carbocycles. The molecule has 0 bridgehead atoms. The second-order valence-electron chi connectivity index (χ2n) is 5.77. The predicted octanol–water partition coefficient (Wildman–Crippen LogP) is 3.88. The van der Waals surface area contributed by atoms with Gasteiger partial charge in [0.25, 0.3) is 0 Å². The monoisotopic (exact) mass is 379 g/mol. The number of carbonyl (C=O) groups is 2. The van der Waals surface area contributed by atoms with Crippen molar-refractivity contribution < 1.29 is 14.7 Å². The molecule has 136 valence electrons. The number of carbonyl (C=O) groups excluding carboxylic acids is 1. The first-order valence-corrected chi connectivity index (χ1v) is 9.17. The van der Waals surface area contributed by atoms with Gasteiger partial charge in [0.1, 0.15) is 0 Å². The highest BCUT2D eigenvalue weighted by Gasteiger charge is 2.10. The van der Waals surface area contributed by atoms with Crippen LogP contribution in [-0.2, 0) is 4.79 Å². The number of carboxylic acid groups (broad SMARTS) is 1. The molecule has 0 aliphatic heterocycles. The molecular weight excluding hydrogens is 362 g/mol. The molecule has 1 heterocycles. The molecule has 2 aromatic carbocycles. The minimum Gasteiger partial charge on any atom is -0.478 e. The van der Waals surface area contributed by atoms with Crippen LogP contribution < -0.4 is 5.32 Å². The highest BCUT2D eigenvalue weighted by molar-refractivity contribution is 7.99. The van der Waals surface area contributed by atoms with Crippen LogP contribution in [0.1, 0.15) is 16.1 Å². The lowest BCUT2D eigenvalue weighted by molar-refractivity contribution is -0.113. The van der Waals surface area contributed by atoms with E-state index in [1.807, 2.05) is 43.3 Å². The van der Waals surface area contributed by atoms with Crippen molar-refractivity contribution in [3.8, 4) is 11.3 Å². The number of nitrogens with zero attached hydrogens (tertiary/aromatic N) is 2. The topological polar surface area (TPSA) is 92.2 Å². The third-order valence-electron chi connectivity index (χ3n) is 3.63. The van der Waals surface area contributed by atoms with E-state index in [1.54, 1.807) is 12.1 Å². The van der Waals surface area contributed by atoms with Crippen LogP contribution in [0.25, 0.3) is 11.3 Å². The molecule has 2 N–H and O–H groups in total. The van der Waals surface area contributed by atoms with Crippen molar-refractivity contribution in [2.24, 2.45) is 0 Å². The standard InChI is InChI=1S/C20H17N3O3S/c1-13-10-17(14-6-3-2-4-7-14)23-20(21-13)27-12-18(24)22-16-9-5-8-15(11-16)19(25)26/h2-11H,12H2,1H3,(H,22,24)(H,25,26). The van der Waals surface area contributed by atoms with E-state index in [1.165, 1.54) is 23.9 Å². The van der Waals surface area contributed by atoms with Gasteiger partial charge in [-0.2, -0.15) is 0 Å². The van der Waals surface area contributed by atoms with Crippen molar-refractivity contribution in [3.63, 3.8) is 0 Å². The largest absolute Gasteiger partial charge is 0.478 e. The summed E-state index contributed by atoms with van der Waals surface area (Å²) in [5.74, 6) is -1.18. The summed E-state index contributed by atoms with van der Waals surface area (Å²) in [7, 11) is 0. The van der Waals surface area contributed by atoms with E-state index in [0.29, 0.717) is 10.8 Å². The number of aromatic carboxylic acids is 1. The van der Waals surface area contributed by atoms with Gasteiger partial charge in [-0.25, -0.2) is 14.8 Å². The summed E-state index contributed by atoms with van der Waals surface area (Å²) in [6, 6.07) is 17.8. The second kappa shape index (κ2) is 8.46. The van der Waals surface area contributed by atoms with Gasteiger partial charge in [-0.3, -0.25) is 4.79 Å². The molecule has 0 spiro atoms. The number of carboxylic acids is 1. The quantitative estimate of drug-likeness (QED) is 0.499. The minimum atomic E-state index is -1.04. The zero-order valence-corrected chi connectivity index (χ0v) is 15.4. The Balaban J connectivity index is 1.66. The van der Waals surface area contributed by atoms with Gasteiger partial charge in [0.2, 0.25) is 5.91 Å². The Bertz CT molecular complexity index is 977. The predicted molar refractivity (Wildman–Crippen MR) is 105 cm³/mol. The summed E-state index contributed by atoms with van der Waals surface area (Å²) in [4.78, 5) is 32.1. The number of hydrogen-bond acceptors (Lipinski definition) is 5. The molecule has 6 nitrogen and oxygen atoms in total. The lowest BCUT2D eigenvalue weighted by Gasteiger charge is -2.07. The van der Waals surface area contributed by atoms with Crippen LogP contribution in [-0.4, -0.2) is 32.7 Å². The van der Waals surface area contributed by atoms with Crippen molar-refractivity contribution in [1.82, 2.24) is 9.97 Å². The highest BCUT2D eigenvalue weighted by atomic mass is 32.2. The Labute approximate surface area is 160 Å². The molecule has 0 atom stereocenters. The molecule has 7 heteroatoms. The number of amides is 1. The van der Waals surface area contributed by atoms with Crippen LogP contribution in [0, 0.1) is 6.92 Å². The number of thioether (sulfide) groups is 1. The molecule has 1 amide bonds. The maximum Gasteiger partial charge on any atom is 0.335 e. The van der Waals surface area contributed by atoms with Crippen LogP contribution in [0.15, 0.2) is 65.8 Å². The van der Waals surface area contributed by atoms with Gasteiger partial charge in [-0.15, -0.1) is 0 Å². The number of nitrogens with one attached hydrogen (secondary N) is 1. The molecule has 0 fully saturated rings. The molecule has 27 heavy (non-hydrogen) atoms. The van der Waals surface area contributed by atoms with Gasteiger partial charge >= 0.3 is 5.97 Å². The van der Waals surface area contributed by atoms with Gasteiger partial charge in [0, 0.05) is 16.9 Å². The summed E-state index contributed by atoms with van der Waals surface area (Å²) < 4.78 is 0. The molecule has 0 unspecified atom stereocenters. The average Bonchev–Trinajstić information content (AvgIpc) is 2.67. The Morgan fingerprint density at radius 3 is 2.56 bits per heavy atom.